The van der Waals surface area contributed by atoms with E-state index in [2.05, 4.69) is 41.5 Å². The molecule has 0 spiro atoms. The zero-order valence-electron chi connectivity index (χ0n) is 62.7. The van der Waals surface area contributed by atoms with Crippen molar-refractivity contribution in [1.82, 2.24) is 0 Å². The van der Waals surface area contributed by atoms with Crippen LogP contribution in [0.3, 0.4) is 0 Å². The van der Waals surface area contributed by atoms with Gasteiger partial charge in [-0.05, 0) is 37.5 Å². The summed E-state index contributed by atoms with van der Waals surface area (Å²) >= 11 is 0. The molecule has 0 aliphatic heterocycles. The van der Waals surface area contributed by atoms with Gasteiger partial charge in [0.1, 0.15) is 19.3 Å². The van der Waals surface area contributed by atoms with Gasteiger partial charge in [0.25, 0.3) is 0 Å². The van der Waals surface area contributed by atoms with Crippen molar-refractivity contribution in [2.45, 2.75) is 419 Å². The molecular weight excluding hydrogens is 1260 g/mol. The lowest BCUT2D eigenvalue weighted by Gasteiger charge is -2.21. The highest BCUT2D eigenvalue weighted by atomic mass is 31.2. The molecule has 19 heteroatoms. The molecule has 5 atom stereocenters. The largest absolute Gasteiger partial charge is 0.472 e. The molecule has 0 saturated carbocycles. The number of ether oxygens (including phenoxy) is 4. The quantitative estimate of drug-likeness (QED) is 0.0222. The van der Waals surface area contributed by atoms with Gasteiger partial charge in [-0.15, -0.1) is 0 Å². The third-order valence-electron chi connectivity index (χ3n) is 18.0. The van der Waals surface area contributed by atoms with Gasteiger partial charge in [-0.25, -0.2) is 9.13 Å². The Labute approximate surface area is 588 Å². The molecule has 0 rings (SSSR count). The molecule has 570 valence electrons. The summed E-state index contributed by atoms with van der Waals surface area (Å²) in [6.07, 6.45) is 57.0. The van der Waals surface area contributed by atoms with Crippen molar-refractivity contribution < 1.29 is 80.2 Å². The molecule has 0 radical (unpaired) electrons. The Kier molecular flexibility index (Phi) is 67.4. The predicted octanol–water partition coefficient (Wildman–Crippen LogP) is 22.7. The fourth-order valence-electron chi connectivity index (χ4n) is 11.8. The van der Waals surface area contributed by atoms with Gasteiger partial charge in [0.2, 0.25) is 0 Å². The minimum Gasteiger partial charge on any atom is -0.462 e. The first-order valence-electron chi connectivity index (χ1n) is 40.0. The molecule has 0 saturated heterocycles. The maximum atomic E-state index is 13.1. The lowest BCUT2D eigenvalue weighted by molar-refractivity contribution is -0.161. The van der Waals surface area contributed by atoms with E-state index in [1.54, 1.807) is 0 Å². The minimum atomic E-state index is -4.96. The number of unbranched alkanes of at least 4 members (excludes halogenated alkanes) is 46. The summed E-state index contributed by atoms with van der Waals surface area (Å²) in [4.78, 5) is 72.8. The predicted molar refractivity (Wildman–Crippen MR) is 391 cm³/mol. The van der Waals surface area contributed by atoms with Gasteiger partial charge in [-0.2, -0.15) is 0 Å². The van der Waals surface area contributed by atoms with Gasteiger partial charge >= 0.3 is 39.5 Å². The standard InChI is InChI=1S/C77H150O17P2/c1-7-9-11-13-15-17-19-21-23-24-26-28-34-38-42-50-56-61-76(81)93-72(65-87-74(79)59-53-47-40-36-32-30-29-31-35-39-45-51-57-69(3)4)67-91-95(83,84)89-63-71(78)64-90-96(85,86)92-68-73(66-88-75(80)60-54-48-44-43-46-52-58-70(5)6)94-77(82)62-55-49-41-37-33-27-25-22-20-18-16-14-12-10-8-2/h69-73,78H,7-68H2,1-6H3,(H,83,84)(H,85,86)/t71-,72-,73-/m1/s1. The molecular formula is C77H150O17P2. The molecule has 0 heterocycles. The van der Waals surface area contributed by atoms with Gasteiger partial charge in [0.05, 0.1) is 26.4 Å². The molecule has 0 aromatic heterocycles. The molecule has 17 nitrogen and oxygen atoms in total. The van der Waals surface area contributed by atoms with Crippen LogP contribution >= 0.6 is 15.6 Å². The number of esters is 4. The van der Waals surface area contributed by atoms with Crippen molar-refractivity contribution in [2.24, 2.45) is 11.8 Å². The molecule has 2 unspecified atom stereocenters. The Hall–Kier alpha value is -1.94. The van der Waals surface area contributed by atoms with E-state index >= 15 is 0 Å². The lowest BCUT2D eigenvalue weighted by atomic mass is 10.0. The number of rotatable bonds is 76. The van der Waals surface area contributed by atoms with Crippen LogP contribution in [0.4, 0.5) is 0 Å². The molecule has 0 aliphatic rings. The second-order valence-corrected chi connectivity index (χ2v) is 31.6. The second-order valence-electron chi connectivity index (χ2n) is 28.7. The monoisotopic (exact) mass is 1410 g/mol. The summed E-state index contributed by atoms with van der Waals surface area (Å²) in [5.74, 6) is -0.653. The molecule has 0 bridgehead atoms. The fourth-order valence-corrected chi connectivity index (χ4v) is 13.4. The molecule has 0 amide bonds. The summed E-state index contributed by atoms with van der Waals surface area (Å²) in [6, 6.07) is 0. The first-order chi connectivity index (χ1) is 46.4. The number of aliphatic hydroxyl groups is 1. The summed E-state index contributed by atoms with van der Waals surface area (Å²) in [6.45, 7) is 9.54. The first-order valence-corrected chi connectivity index (χ1v) is 43.0. The number of phosphoric acid groups is 2. The molecule has 0 aromatic carbocycles. The van der Waals surface area contributed by atoms with Crippen LogP contribution in [-0.4, -0.2) is 96.7 Å². The number of carbonyl (C=O) groups is 4. The zero-order valence-corrected chi connectivity index (χ0v) is 64.5. The van der Waals surface area contributed by atoms with E-state index in [1.807, 2.05) is 0 Å². The second kappa shape index (κ2) is 68.8. The van der Waals surface area contributed by atoms with E-state index < -0.39 is 97.5 Å². The van der Waals surface area contributed by atoms with Crippen molar-refractivity contribution in [3.05, 3.63) is 0 Å². The number of aliphatic hydroxyl groups excluding tert-OH is 1. The average Bonchev–Trinajstić information content (AvgIpc) is 1.55. The SMILES string of the molecule is CCCCCCCCCCCCCCCCCCCC(=O)O[C@H](COC(=O)CCCCCCCCCCCCCCC(C)C)COP(=O)(O)OC[C@@H](O)COP(=O)(O)OC[C@@H](COC(=O)CCCCCCCCC(C)C)OC(=O)CCCCCCCCCCCCCCCCC. The topological polar surface area (TPSA) is 237 Å². The third kappa shape index (κ3) is 70.5. The molecule has 96 heavy (non-hydrogen) atoms. The zero-order chi connectivity index (χ0) is 70.7. The van der Waals surface area contributed by atoms with E-state index in [4.69, 9.17) is 37.0 Å². The smallest absolute Gasteiger partial charge is 0.462 e. The van der Waals surface area contributed by atoms with Crippen LogP contribution in [0, 0.1) is 11.8 Å². The molecule has 0 aliphatic carbocycles. The Balaban J connectivity index is 5.23. The van der Waals surface area contributed by atoms with Crippen LogP contribution in [0.25, 0.3) is 0 Å². The van der Waals surface area contributed by atoms with E-state index in [-0.39, 0.29) is 25.7 Å². The normalized spacial score (nSPS) is 14.0. The Morgan fingerprint density at radius 1 is 0.281 bits per heavy atom. The number of carbonyl (C=O) groups excluding carboxylic acids is 4. The van der Waals surface area contributed by atoms with Gasteiger partial charge in [-0.1, -0.05) is 350 Å². The van der Waals surface area contributed by atoms with Crippen LogP contribution in [0.15, 0.2) is 0 Å². The highest BCUT2D eigenvalue weighted by molar-refractivity contribution is 7.47. The summed E-state index contributed by atoms with van der Waals surface area (Å²) < 4.78 is 68.6. The summed E-state index contributed by atoms with van der Waals surface area (Å²) in [5.41, 5.74) is 0. The summed E-state index contributed by atoms with van der Waals surface area (Å²) in [7, 11) is -9.91. The van der Waals surface area contributed by atoms with Crippen LogP contribution in [0.5, 0.6) is 0 Å². The minimum absolute atomic E-state index is 0.107. The fraction of sp³-hybridized carbons (Fsp3) is 0.948. The molecule has 3 N–H and O–H groups in total. The number of hydrogen-bond acceptors (Lipinski definition) is 15. The van der Waals surface area contributed by atoms with Crippen LogP contribution in [0.1, 0.15) is 401 Å². The molecule has 0 fully saturated rings. The van der Waals surface area contributed by atoms with Crippen molar-refractivity contribution in [2.75, 3.05) is 39.6 Å². The van der Waals surface area contributed by atoms with E-state index in [1.165, 1.54) is 212 Å². The van der Waals surface area contributed by atoms with Crippen molar-refractivity contribution in [3.63, 3.8) is 0 Å². The summed E-state index contributed by atoms with van der Waals surface area (Å²) in [5, 5.41) is 10.6. The van der Waals surface area contributed by atoms with Gasteiger partial charge < -0.3 is 33.8 Å². The van der Waals surface area contributed by atoms with Gasteiger partial charge in [0.15, 0.2) is 12.2 Å². The maximum absolute atomic E-state index is 13.1. The maximum Gasteiger partial charge on any atom is 0.472 e. The lowest BCUT2D eigenvalue weighted by Crippen LogP contribution is -2.30. The highest BCUT2D eigenvalue weighted by Gasteiger charge is 2.30. The van der Waals surface area contributed by atoms with Crippen LogP contribution in [0.2, 0.25) is 0 Å². The van der Waals surface area contributed by atoms with E-state index in [0.29, 0.717) is 31.6 Å². The van der Waals surface area contributed by atoms with Crippen LogP contribution in [-0.2, 0) is 65.4 Å². The number of hydrogen-bond donors (Lipinski definition) is 3. The van der Waals surface area contributed by atoms with Crippen molar-refractivity contribution in [1.29, 1.82) is 0 Å². The highest BCUT2D eigenvalue weighted by Crippen LogP contribution is 2.45. The van der Waals surface area contributed by atoms with E-state index in [0.717, 1.165) is 102 Å². The van der Waals surface area contributed by atoms with Crippen LogP contribution < -0.4 is 0 Å². The van der Waals surface area contributed by atoms with E-state index in [9.17, 15) is 43.2 Å². The third-order valence-corrected chi connectivity index (χ3v) is 19.9. The van der Waals surface area contributed by atoms with Crippen molar-refractivity contribution >= 4 is 39.5 Å². The molecule has 0 aromatic rings. The van der Waals surface area contributed by atoms with Gasteiger partial charge in [-0.3, -0.25) is 37.3 Å². The Bertz CT molecular complexity index is 1860. The Morgan fingerprint density at radius 3 is 0.708 bits per heavy atom. The van der Waals surface area contributed by atoms with Gasteiger partial charge in [0, 0.05) is 25.7 Å². The Morgan fingerprint density at radius 2 is 0.479 bits per heavy atom. The first kappa shape index (κ1) is 94.1. The van der Waals surface area contributed by atoms with Crippen molar-refractivity contribution in [3.8, 4) is 0 Å². The average molecular weight is 1410 g/mol. The number of phosphoric ester groups is 2.